The fraction of sp³-hybridized carbons (Fsp3) is 0.118. The molecule has 1 aliphatic heterocycles. The van der Waals surface area contributed by atoms with E-state index in [1.807, 2.05) is 42.6 Å². The second-order valence-corrected chi connectivity index (χ2v) is 4.87. The predicted molar refractivity (Wildman–Crippen MR) is 80.3 cm³/mol. The fourth-order valence-electron chi connectivity index (χ4n) is 2.70. The highest BCUT2D eigenvalue weighted by Crippen LogP contribution is 2.42. The number of rotatable bonds is 2. The van der Waals surface area contributed by atoms with Gasteiger partial charge in [0.1, 0.15) is 17.1 Å². The number of fused-ring (bicyclic) bond motifs is 3. The molecule has 0 unspecified atom stereocenters. The molecular formula is C17H14N2O2. The highest BCUT2D eigenvalue weighted by molar-refractivity contribution is 5.76. The third kappa shape index (κ3) is 1.80. The van der Waals surface area contributed by atoms with Crippen molar-refractivity contribution in [3.05, 3.63) is 54.7 Å². The van der Waals surface area contributed by atoms with Crippen molar-refractivity contribution in [2.24, 2.45) is 0 Å². The normalized spacial score (nSPS) is 12.2. The van der Waals surface area contributed by atoms with Gasteiger partial charge in [-0.05, 0) is 17.7 Å². The molecule has 0 fully saturated rings. The maximum Gasteiger partial charge on any atom is 0.167 e. The summed E-state index contributed by atoms with van der Waals surface area (Å²) in [6.07, 6.45) is 1.88. The maximum absolute atomic E-state index is 5.86. The SMILES string of the molecule is COc1cccc2c1-c1ncc(-c3ccccc3)n1CO2. The van der Waals surface area contributed by atoms with Gasteiger partial charge < -0.3 is 9.47 Å². The van der Waals surface area contributed by atoms with E-state index in [0.717, 1.165) is 34.1 Å². The second kappa shape index (κ2) is 4.66. The van der Waals surface area contributed by atoms with Crippen LogP contribution >= 0.6 is 0 Å². The summed E-state index contributed by atoms with van der Waals surface area (Å²) in [5.74, 6) is 2.47. The number of imidazole rings is 1. The number of hydrogen-bond acceptors (Lipinski definition) is 3. The Morgan fingerprint density at radius 2 is 1.95 bits per heavy atom. The first-order valence-electron chi connectivity index (χ1n) is 6.79. The van der Waals surface area contributed by atoms with Gasteiger partial charge in [-0.15, -0.1) is 0 Å². The number of aromatic nitrogens is 2. The van der Waals surface area contributed by atoms with Gasteiger partial charge in [-0.25, -0.2) is 4.98 Å². The van der Waals surface area contributed by atoms with E-state index in [9.17, 15) is 0 Å². The minimum Gasteiger partial charge on any atom is -0.496 e. The van der Waals surface area contributed by atoms with E-state index >= 15 is 0 Å². The van der Waals surface area contributed by atoms with Crippen LogP contribution in [0.15, 0.2) is 54.7 Å². The molecule has 0 spiro atoms. The Hall–Kier alpha value is -2.75. The minimum atomic E-state index is 0.458. The molecule has 0 saturated heterocycles. The second-order valence-electron chi connectivity index (χ2n) is 4.87. The fourth-order valence-corrected chi connectivity index (χ4v) is 2.70. The summed E-state index contributed by atoms with van der Waals surface area (Å²) < 4.78 is 13.4. The van der Waals surface area contributed by atoms with E-state index < -0.39 is 0 Å². The zero-order chi connectivity index (χ0) is 14.2. The molecule has 4 heteroatoms. The van der Waals surface area contributed by atoms with Gasteiger partial charge in [0.05, 0.1) is 19.0 Å². The average molecular weight is 278 g/mol. The first-order valence-corrected chi connectivity index (χ1v) is 6.79. The lowest BCUT2D eigenvalue weighted by molar-refractivity contribution is 0.230. The third-order valence-corrected chi connectivity index (χ3v) is 3.71. The Kier molecular flexibility index (Phi) is 2.67. The van der Waals surface area contributed by atoms with E-state index in [0.29, 0.717) is 6.73 Å². The largest absolute Gasteiger partial charge is 0.496 e. The first-order chi connectivity index (χ1) is 10.4. The van der Waals surface area contributed by atoms with Crippen LogP contribution in [-0.2, 0) is 6.73 Å². The lowest BCUT2D eigenvalue weighted by Crippen LogP contribution is -2.14. The van der Waals surface area contributed by atoms with Crippen molar-refractivity contribution in [2.45, 2.75) is 6.73 Å². The molecule has 2 heterocycles. The summed E-state index contributed by atoms with van der Waals surface area (Å²) >= 11 is 0. The molecule has 104 valence electrons. The standard InChI is InChI=1S/C17H14N2O2/c1-20-14-8-5-9-15-16(14)17-18-10-13(19(17)11-21-15)12-6-3-2-4-7-12/h2-10H,11H2,1H3. The third-order valence-electron chi connectivity index (χ3n) is 3.71. The van der Waals surface area contributed by atoms with Crippen molar-refractivity contribution in [1.82, 2.24) is 9.55 Å². The van der Waals surface area contributed by atoms with Crippen molar-refractivity contribution in [1.29, 1.82) is 0 Å². The Morgan fingerprint density at radius 3 is 2.76 bits per heavy atom. The van der Waals surface area contributed by atoms with Crippen molar-refractivity contribution < 1.29 is 9.47 Å². The van der Waals surface area contributed by atoms with Crippen molar-refractivity contribution in [2.75, 3.05) is 7.11 Å². The van der Waals surface area contributed by atoms with Crippen LogP contribution in [0.25, 0.3) is 22.6 Å². The number of ether oxygens (including phenoxy) is 2. The van der Waals surface area contributed by atoms with Gasteiger partial charge in [0.25, 0.3) is 0 Å². The van der Waals surface area contributed by atoms with E-state index in [1.54, 1.807) is 7.11 Å². The van der Waals surface area contributed by atoms with Crippen LogP contribution in [-0.4, -0.2) is 16.7 Å². The number of hydrogen-bond donors (Lipinski definition) is 0. The highest BCUT2D eigenvalue weighted by Gasteiger charge is 2.24. The summed E-state index contributed by atoms with van der Waals surface area (Å²) in [5.41, 5.74) is 3.08. The lowest BCUT2D eigenvalue weighted by Gasteiger charge is -2.22. The van der Waals surface area contributed by atoms with Gasteiger partial charge in [0.2, 0.25) is 0 Å². The van der Waals surface area contributed by atoms with Gasteiger partial charge in [0, 0.05) is 0 Å². The Morgan fingerprint density at radius 1 is 1.10 bits per heavy atom. The molecule has 0 atom stereocenters. The molecular weight excluding hydrogens is 264 g/mol. The quantitative estimate of drug-likeness (QED) is 0.719. The monoisotopic (exact) mass is 278 g/mol. The first kappa shape index (κ1) is 12.0. The Bertz CT molecular complexity index is 780. The van der Waals surface area contributed by atoms with Gasteiger partial charge in [-0.3, -0.25) is 4.57 Å². The average Bonchev–Trinajstić information content (AvgIpc) is 2.99. The van der Waals surface area contributed by atoms with E-state index in [2.05, 4.69) is 21.7 Å². The molecule has 2 aromatic carbocycles. The summed E-state index contributed by atoms with van der Waals surface area (Å²) in [5, 5.41) is 0. The van der Waals surface area contributed by atoms with Gasteiger partial charge in [-0.1, -0.05) is 36.4 Å². The Labute approximate surface area is 122 Å². The zero-order valence-electron chi connectivity index (χ0n) is 11.6. The molecule has 0 bridgehead atoms. The molecule has 21 heavy (non-hydrogen) atoms. The van der Waals surface area contributed by atoms with Crippen LogP contribution in [0, 0.1) is 0 Å². The van der Waals surface area contributed by atoms with Crippen LogP contribution in [0.3, 0.4) is 0 Å². The van der Waals surface area contributed by atoms with Crippen LogP contribution in [0.4, 0.5) is 0 Å². The summed E-state index contributed by atoms with van der Waals surface area (Å²) in [4.78, 5) is 4.59. The van der Waals surface area contributed by atoms with Gasteiger partial charge in [0.15, 0.2) is 12.6 Å². The van der Waals surface area contributed by atoms with Crippen molar-refractivity contribution in [3.63, 3.8) is 0 Å². The molecule has 4 nitrogen and oxygen atoms in total. The molecule has 0 amide bonds. The smallest absolute Gasteiger partial charge is 0.167 e. The molecule has 1 aromatic heterocycles. The highest BCUT2D eigenvalue weighted by atomic mass is 16.5. The molecule has 1 aliphatic rings. The number of nitrogens with zero attached hydrogens (tertiary/aromatic N) is 2. The van der Waals surface area contributed by atoms with Gasteiger partial charge >= 0.3 is 0 Å². The summed E-state index contributed by atoms with van der Waals surface area (Å²) in [6.45, 7) is 0.458. The molecule has 4 rings (SSSR count). The molecule has 0 N–H and O–H groups in total. The topological polar surface area (TPSA) is 36.3 Å². The molecule has 3 aromatic rings. The summed E-state index contributed by atoms with van der Waals surface area (Å²) in [6, 6.07) is 16.0. The van der Waals surface area contributed by atoms with E-state index in [4.69, 9.17) is 9.47 Å². The molecule has 0 saturated carbocycles. The minimum absolute atomic E-state index is 0.458. The van der Waals surface area contributed by atoms with Crippen LogP contribution in [0.2, 0.25) is 0 Å². The lowest BCUT2D eigenvalue weighted by atomic mass is 10.1. The molecule has 0 aliphatic carbocycles. The summed E-state index contributed by atoms with van der Waals surface area (Å²) in [7, 11) is 1.66. The number of methoxy groups -OCH3 is 1. The molecule has 0 radical (unpaired) electrons. The van der Waals surface area contributed by atoms with Crippen molar-refractivity contribution >= 4 is 0 Å². The van der Waals surface area contributed by atoms with Crippen molar-refractivity contribution in [3.8, 4) is 34.1 Å². The van der Waals surface area contributed by atoms with Gasteiger partial charge in [-0.2, -0.15) is 0 Å². The van der Waals surface area contributed by atoms with E-state index in [1.165, 1.54) is 0 Å². The van der Waals surface area contributed by atoms with E-state index in [-0.39, 0.29) is 0 Å². The zero-order valence-corrected chi connectivity index (χ0v) is 11.6. The predicted octanol–water partition coefficient (Wildman–Crippen LogP) is 3.58. The van der Waals surface area contributed by atoms with Crippen LogP contribution in [0.5, 0.6) is 11.5 Å². The van der Waals surface area contributed by atoms with Crippen LogP contribution in [0.1, 0.15) is 0 Å². The Balaban J connectivity index is 1.92. The van der Waals surface area contributed by atoms with Crippen LogP contribution < -0.4 is 9.47 Å². The number of benzene rings is 2. The maximum atomic E-state index is 5.86.